The molecule has 0 bridgehead atoms. The lowest BCUT2D eigenvalue weighted by Crippen LogP contribution is -2.05. The number of carbonyl (C=O) groups excluding carboxylic acids is 2. The van der Waals surface area contributed by atoms with Crippen LogP contribution in [0.5, 0.6) is 0 Å². The lowest BCUT2D eigenvalue weighted by atomic mass is 10.1. The molecule has 0 radical (unpaired) electrons. The van der Waals surface area contributed by atoms with Crippen molar-refractivity contribution in [3.8, 4) is 0 Å². The van der Waals surface area contributed by atoms with Gasteiger partial charge >= 0.3 is 5.97 Å². The molecule has 5 heteroatoms. The summed E-state index contributed by atoms with van der Waals surface area (Å²) < 4.78 is 4.64. The molecule has 0 unspecified atom stereocenters. The Labute approximate surface area is 91.4 Å². The van der Waals surface area contributed by atoms with Crippen molar-refractivity contribution in [1.29, 1.82) is 0 Å². The van der Waals surface area contributed by atoms with Crippen LogP contribution in [0.25, 0.3) is 11.0 Å². The molecular weight excluding hydrogens is 208 g/mol. The number of aromatic amines is 1. The van der Waals surface area contributed by atoms with Crippen LogP contribution in [-0.4, -0.2) is 29.3 Å². The maximum absolute atomic E-state index is 11.4. The molecule has 0 aliphatic heterocycles. The highest BCUT2D eigenvalue weighted by Crippen LogP contribution is 2.22. The number of aromatic nitrogens is 2. The predicted molar refractivity (Wildman–Crippen MR) is 57.6 cm³/mol. The lowest BCUT2D eigenvalue weighted by Gasteiger charge is -2.04. The van der Waals surface area contributed by atoms with Crippen LogP contribution in [0, 0.1) is 6.92 Å². The van der Waals surface area contributed by atoms with E-state index in [9.17, 15) is 9.59 Å². The fourth-order valence-electron chi connectivity index (χ4n) is 1.69. The van der Waals surface area contributed by atoms with Gasteiger partial charge in [-0.2, -0.15) is 0 Å². The van der Waals surface area contributed by atoms with Gasteiger partial charge in [-0.25, -0.2) is 9.78 Å². The van der Waals surface area contributed by atoms with Crippen LogP contribution >= 0.6 is 0 Å². The van der Waals surface area contributed by atoms with E-state index >= 15 is 0 Å². The first-order valence-corrected chi connectivity index (χ1v) is 4.69. The first-order chi connectivity index (χ1) is 7.69. The first-order valence-electron chi connectivity index (χ1n) is 4.69. The van der Waals surface area contributed by atoms with Crippen molar-refractivity contribution in [2.75, 3.05) is 7.11 Å². The summed E-state index contributed by atoms with van der Waals surface area (Å²) >= 11 is 0. The van der Waals surface area contributed by atoms with Gasteiger partial charge in [0.05, 0.1) is 12.7 Å². The second-order valence-electron chi connectivity index (χ2n) is 3.37. The van der Waals surface area contributed by atoms with E-state index in [0.717, 1.165) is 6.29 Å². The van der Waals surface area contributed by atoms with E-state index in [-0.39, 0.29) is 0 Å². The van der Waals surface area contributed by atoms with Crippen molar-refractivity contribution in [2.45, 2.75) is 6.92 Å². The summed E-state index contributed by atoms with van der Waals surface area (Å²) in [7, 11) is 1.31. The molecule has 0 aliphatic rings. The molecule has 0 fully saturated rings. The van der Waals surface area contributed by atoms with Crippen LogP contribution in [0.4, 0.5) is 0 Å². The number of hydrogen-bond donors (Lipinski definition) is 1. The third-order valence-corrected chi connectivity index (χ3v) is 2.52. The van der Waals surface area contributed by atoms with Gasteiger partial charge in [0.1, 0.15) is 5.65 Å². The van der Waals surface area contributed by atoms with Crippen LogP contribution in [0.15, 0.2) is 12.4 Å². The van der Waals surface area contributed by atoms with Crippen molar-refractivity contribution in [2.24, 2.45) is 0 Å². The number of H-pyrrole nitrogens is 1. The second kappa shape index (κ2) is 3.77. The van der Waals surface area contributed by atoms with Gasteiger partial charge in [0.25, 0.3) is 0 Å². The Morgan fingerprint density at radius 2 is 2.31 bits per heavy atom. The highest BCUT2D eigenvalue weighted by Gasteiger charge is 2.15. The van der Waals surface area contributed by atoms with Gasteiger partial charge in [0.15, 0.2) is 6.29 Å². The van der Waals surface area contributed by atoms with Crippen LogP contribution in [-0.2, 0) is 4.74 Å². The van der Waals surface area contributed by atoms with E-state index in [4.69, 9.17) is 0 Å². The van der Waals surface area contributed by atoms with Gasteiger partial charge in [-0.1, -0.05) is 0 Å². The minimum absolute atomic E-state index is 0.373. The number of aryl methyl sites for hydroxylation is 1. The van der Waals surface area contributed by atoms with E-state index in [1.807, 2.05) is 0 Å². The maximum Gasteiger partial charge on any atom is 0.339 e. The minimum atomic E-state index is -0.454. The molecule has 5 nitrogen and oxygen atoms in total. The molecule has 0 saturated carbocycles. The van der Waals surface area contributed by atoms with Crippen LogP contribution in [0.1, 0.15) is 26.3 Å². The molecule has 0 aliphatic carbocycles. The van der Waals surface area contributed by atoms with Gasteiger partial charge in [0, 0.05) is 23.3 Å². The molecule has 2 aromatic rings. The molecule has 0 spiro atoms. The second-order valence-corrected chi connectivity index (χ2v) is 3.37. The zero-order valence-electron chi connectivity index (χ0n) is 8.90. The molecule has 2 rings (SSSR count). The number of carbonyl (C=O) groups is 2. The number of ether oxygens (including phenoxy) is 1. The molecule has 0 atom stereocenters. The molecule has 1 N–H and O–H groups in total. The van der Waals surface area contributed by atoms with Crippen LogP contribution < -0.4 is 0 Å². The summed E-state index contributed by atoms with van der Waals surface area (Å²) in [4.78, 5) is 29.2. The summed E-state index contributed by atoms with van der Waals surface area (Å²) in [6.07, 6.45) is 3.74. The molecular formula is C11H10N2O3. The Hall–Kier alpha value is -2.17. The van der Waals surface area contributed by atoms with Crippen molar-refractivity contribution in [3.05, 3.63) is 29.1 Å². The number of hydrogen-bond acceptors (Lipinski definition) is 4. The number of nitrogens with zero attached hydrogens (tertiary/aromatic N) is 1. The Morgan fingerprint density at radius 3 is 2.94 bits per heavy atom. The van der Waals surface area contributed by atoms with Crippen molar-refractivity contribution >= 4 is 23.3 Å². The van der Waals surface area contributed by atoms with E-state index in [1.165, 1.54) is 13.3 Å². The van der Waals surface area contributed by atoms with E-state index in [1.54, 1.807) is 13.1 Å². The smallest absolute Gasteiger partial charge is 0.339 e. The number of pyridine rings is 1. The number of fused-ring (bicyclic) bond motifs is 1. The average Bonchev–Trinajstić information content (AvgIpc) is 2.72. The normalized spacial score (nSPS) is 10.4. The monoisotopic (exact) mass is 218 g/mol. The lowest BCUT2D eigenvalue weighted by molar-refractivity contribution is 0.0599. The van der Waals surface area contributed by atoms with Gasteiger partial charge in [-0.15, -0.1) is 0 Å². The number of aldehydes is 1. The molecule has 2 aromatic heterocycles. The van der Waals surface area contributed by atoms with E-state index in [2.05, 4.69) is 14.7 Å². The summed E-state index contributed by atoms with van der Waals surface area (Å²) in [5.74, 6) is -0.454. The van der Waals surface area contributed by atoms with Crippen LogP contribution in [0.3, 0.4) is 0 Å². The summed E-state index contributed by atoms with van der Waals surface area (Å²) in [6.45, 7) is 1.76. The van der Waals surface area contributed by atoms with Gasteiger partial charge in [-0.3, -0.25) is 4.79 Å². The number of rotatable bonds is 2. The molecule has 0 saturated heterocycles. The van der Waals surface area contributed by atoms with Crippen LogP contribution in [0.2, 0.25) is 0 Å². The zero-order valence-corrected chi connectivity index (χ0v) is 8.90. The highest BCUT2D eigenvalue weighted by atomic mass is 16.5. The van der Waals surface area contributed by atoms with Crippen molar-refractivity contribution in [1.82, 2.24) is 9.97 Å². The topological polar surface area (TPSA) is 72.0 Å². The highest BCUT2D eigenvalue weighted by molar-refractivity contribution is 6.02. The Morgan fingerprint density at radius 1 is 1.56 bits per heavy atom. The van der Waals surface area contributed by atoms with Gasteiger partial charge in [-0.05, 0) is 12.5 Å². The fraction of sp³-hybridized carbons (Fsp3) is 0.182. The Balaban J connectivity index is 2.76. The third kappa shape index (κ3) is 1.37. The Bertz CT molecular complexity index is 572. The molecule has 0 aromatic carbocycles. The average molecular weight is 218 g/mol. The SMILES string of the molecule is COC(=O)c1cnc2[nH]cc(C=O)c2c1C. The third-order valence-electron chi connectivity index (χ3n) is 2.52. The van der Waals surface area contributed by atoms with Gasteiger partial charge in [0.2, 0.25) is 0 Å². The van der Waals surface area contributed by atoms with Crippen molar-refractivity contribution in [3.63, 3.8) is 0 Å². The number of methoxy groups -OCH3 is 1. The van der Waals surface area contributed by atoms with E-state index in [0.29, 0.717) is 27.7 Å². The minimum Gasteiger partial charge on any atom is -0.465 e. The number of nitrogens with one attached hydrogen (secondary N) is 1. The van der Waals surface area contributed by atoms with E-state index < -0.39 is 5.97 Å². The largest absolute Gasteiger partial charge is 0.465 e. The quantitative estimate of drug-likeness (QED) is 0.612. The zero-order chi connectivity index (χ0) is 11.7. The first kappa shape index (κ1) is 10.4. The summed E-state index contributed by atoms with van der Waals surface area (Å²) in [6, 6.07) is 0. The summed E-state index contributed by atoms with van der Waals surface area (Å²) in [5, 5.41) is 0.665. The fourth-order valence-corrected chi connectivity index (χ4v) is 1.69. The summed E-state index contributed by atoms with van der Waals surface area (Å²) in [5.41, 5.74) is 2.15. The standard InChI is InChI=1S/C11H10N2O3/c1-6-8(11(15)16-2)4-13-10-9(6)7(5-14)3-12-10/h3-5H,1-2H3,(H,12,13). The predicted octanol–water partition coefficient (Wildman–Crippen LogP) is 1.47. The maximum atomic E-state index is 11.4. The Kier molecular flexibility index (Phi) is 2.44. The molecule has 2 heterocycles. The molecule has 0 amide bonds. The molecule has 16 heavy (non-hydrogen) atoms. The number of esters is 1. The van der Waals surface area contributed by atoms with Crippen molar-refractivity contribution < 1.29 is 14.3 Å². The van der Waals surface area contributed by atoms with Gasteiger partial charge < -0.3 is 9.72 Å². The molecule has 82 valence electrons.